The minimum absolute atomic E-state index is 0.0891. The van der Waals surface area contributed by atoms with Gasteiger partial charge in [0.25, 0.3) is 5.91 Å². The van der Waals surface area contributed by atoms with Crippen molar-refractivity contribution in [1.82, 2.24) is 0 Å². The topological polar surface area (TPSA) is 23.6 Å². The Morgan fingerprint density at radius 2 is 1.35 bits per heavy atom. The molecule has 3 heteroatoms. The molecule has 0 atom stereocenters. The van der Waals surface area contributed by atoms with Gasteiger partial charge in [0.2, 0.25) is 0 Å². The lowest BCUT2D eigenvalue weighted by atomic mass is 10.1. The minimum Gasteiger partial charge on any atom is -0.363 e. The summed E-state index contributed by atoms with van der Waals surface area (Å²) in [5.41, 5.74) is 7.01. The van der Waals surface area contributed by atoms with Gasteiger partial charge in [-0.25, -0.2) is 0 Å². The summed E-state index contributed by atoms with van der Waals surface area (Å²) >= 11 is 0. The van der Waals surface area contributed by atoms with E-state index in [1.807, 2.05) is 35.2 Å². The first kappa shape index (κ1) is 15.2. The molecule has 0 unspecified atom stereocenters. The molecule has 128 valence electrons. The highest BCUT2D eigenvalue weighted by molar-refractivity contribution is 6.07. The van der Waals surface area contributed by atoms with Gasteiger partial charge in [-0.1, -0.05) is 42.5 Å². The van der Waals surface area contributed by atoms with Crippen LogP contribution in [0.1, 0.15) is 27.0 Å². The highest BCUT2D eigenvalue weighted by atomic mass is 16.2. The molecule has 0 radical (unpaired) electrons. The number of hydrogen-bond acceptors (Lipinski definition) is 2. The van der Waals surface area contributed by atoms with Crippen molar-refractivity contribution in [3.05, 3.63) is 95.1 Å². The summed E-state index contributed by atoms with van der Waals surface area (Å²) in [4.78, 5) is 17.2. The zero-order chi connectivity index (χ0) is 17.5. The Morgan fingerprint density at radius 3 is 2.04 bits per heavy atom. The maximum atomic E-state index is 12.9. The maximum absolute atomic E-state index is 12.9. The third-order valence-electron chi connectivity index (χ3n) is 5.45. The molecule has 2 aliphatic rings. The third-order valence-corrected chi connectivity index (χ3v) is 5.45. The molecule has 0 saturated carbocycles. The van der Waals surface area contributed by atoms with Crippen molar-refractivity contribution in [2.24, 2.45) is 0 Å². The number of carbonyl (C=O) groups is 1. The van der Waals surface area contributed by atoms with Crippen molar-refractivity contribution in [2.75, 3.05) is 16.3 Å². The van der Waals surface area contributed by atoms with Crippen LogP contribution < -0.4 is 9.80 Å². The summed E-state index contributed by atoms with van der Waals surface area (Å²) in [5, 5.41) is 0. The van der Waals surface area contributed by atoms with Crippen LogP contribution in [0.15, 0.2) is 72.8 Å². The molecule has 0 saturated heterocycles. The molecular formula is C23H20N2O. The highest BCUT2D eigenvalue weighted by Crippen LogP contribution is 2.31. The van der Waals surface area contributed by atoms with Crippen molar-refractivity contribution >= 4 is 17.3 Å². The third kappa shape index (κ3) is 2.48. The molecule has 0 aromatic heterocycles. The van der Waals surface area contributed by atoms with Gasteiger partial charge in [0.1, 0.15) is 0 Å². The van der Waals surface area contributed by atoms with Crippen LogP contribution in [0, 0.1) is 0 Å². The van der Waals surface area contributed by atoms with Crippen molar-refractivity contribution in [2.45, 2.75) is 19.5 Å². The molecule has 2 aliphatic heterocycles. The first-order chi connectivity index (χ1) is 12.8. The van der Waals surface area contributed by atoms with E-state index in [9.17, 15) is 4.79 Å². The summed E-state index contributed by atoms with van der Waals surface area (Å²) in [6.07, 6.45) is 0.937. The Balaban J connectivity index is 1.36. The van der Waals surface area contributed by atoms with Crippen molar-refractivity contribution in [3.63, 3.8) is 0 Å². The number of benzene rings is 3. The molecule has 3 aromatic rings. The van der Waals surface area contributed by atoms with Crippen LogP contribution in [0.25, 0.3) is 0 Å². The Labute approximate surface area is 153 Å². The molecule has 0 bridgehead atoms. The van der Waals surface area contributed by atoms with Crippen LogP contribution in [-0.2, 0) is 19.5 Å². The van der Waals surface area contributed by atoms with E-state index in [-0.39, 0.29) is 5.91 Å². The zero-order valence-corrected chi connectivity index (χ0v) is 14.6. The van der Waals surface area contributed by atoms with Gasteiger partial charge in [-0.2, -0.15) is 0 Å². The van der Waals surface area contributed by atoms with E-state index in [1.165, 1.54) is 22.4 Å². The van der Waals surface area contributed by atoms with Gasteiger partial charge >= 0.3 is 0 Å². The maximum Gasteiger partial charge on any atom is 0.258 e. The summed E-state index contributed by atoms with van der Waals surface area (Å²) < 4.78 is 0. The van der Waals surface area contributed by atoms with Crippen LogP contribution >= 0.6 is 0 Å². The van der Waals surface area contributed by atoms with E-state index in [4.69, 9.17) is 0 Å². The Morgan fingerprint density at radius 1 is 0.731 bits per heavy atom. The van der Waals surface area contributed by atoms with Gasteiger partial charge in [0.15, 0.2) is 0 Å². The predicted molar refractivity (Wildman–Crippen MR) is 105 cm³/mol. The molecular weight excluding hydrogens is 320 g/mol. The SMILES string of the molecule is O=C(c1ccc(N2Cc3ccccc3C2)cc1)N1CCc2ccccc21. The lowest BCUT2D eigenvalue weighted by Crippen LogP contribution is -2.28. The van der Waals surface area contributed by atoms with Crippen LogP contribution in [0.5, 0.6) is 0 Å². The van der Waals surface area contributed by atoms with Crippen molar-refractivity contribution in [3.8, 4) is 0 Å². The number of carbonyl (C=O) groups excluding carboxylic acids is 1. The number of hydrogen-bond donors (Lipinski definition) is 0. The largest absolute Gasteiger partial charge is 0.363 e. The smallest absolute Gasteiger partial charge is 0.258 e. The Kier molecular flexibility index (Phi) is 3.52. The van der Waals surface area contributed by atoms with Gasteiger partial charge in [-0.3, -0.25) is 4.79 Å². The van der Waals surface area contributed by atoms with E-state index < -0.39 is 0 Å². The van der Waals surface area contributed by atoms with Gasteiger partial charge < -0.3 is 9.80 Å². The van der Waals surface area contributed by atoms with E-state index in [1.54, 1.807) is 0 Å². The monoisotopic (exact) mass is 340 g/mol. The van der Waals surface area contributed by atoms with E-state index >= 15 is 0 Å². The first-order valence-electron chi connectivity index (χ1n) is 9.11. The molecule has 2 heterocycles. The van der Waals surface area contributed by atoms with Crippen LogP contribution in [0.2, 0.25) is 0 Å². The number of rotatable bonds is 2. The van der Waals surface area contributed by atoms with Gasteiger partial charge in [0, 0.05) is 36.6 Å². The molecule has 3 nitrogen and oxygen atoms in total. The average Bonchev–Trinajstić information content (AvgIpc) is 3.32. The molecule has 0 N–H and O–H groups in total. The Hall–Kier alpha value is -3.07. The fourth-order valence-electron chi connectivity index (χ4n) is 4.04. The molecule has 0 spiro atoms. The summed E-state index contributed by atoms with van der Waals surface area (Å²) in [6, 6.07) is 24.8. The fourth-order valence-corrected chi connectivity index (χ4v) is 4.04. The van der Waals surface area contributed by atoms with Crippen LogP contribution in [0.3, 0.4) is 0 Å². The second-order valence-corrected chi connectivity index (χ2v) is 7.01. The fraction of sp³-hybridized carbons (Fsp3) is 0.174. The summed E-state index contributed by atoms with van der Waals surface area (Å²) in [5.74, 6) is 0.0891. The normalized spacial score (nSPS) is 15.1. The standard InChI is InChI=1S/C23H20N2O/c26-23(25-14-13-17-5-3-4-8-22(17)25)18-9-11-21(12-10-18)24-15-19-6-1-2-7-20(19)16-24/h1-12H,13-16H2. The zero-order valence-electron chi connectivity index (χ0n) is 14.6. The van der Waals surface area contributed by atoms with Gasteiger partial charge in [0.05, 0.1) is 0 Å². The first-order valence-corrected chi connectivity index (χ1v) is 9.11. The minimum atomic E-state index is 0.0891. The molecule has 1 amide bonds. The van der Waals surface area contributed by atoms with Crippen molar-refractivity contribution < 1.29 is 4.79 Å². The second-order valence-electron chi connectivity index (χ2n) is 7.01. The number of fused-ring (bicyclic) bond motifs is 2. The average molecular weight is 340 g/mol. The lowest BCUT2D eigenvalue weighted by Gasteiger charge is -2.20. The predicted octanol–water partition coefficient (Wildman–Crippen LogP) is 4.41. The summed E-state index contributed by atoms with van der Waals surface area (Å²) in [7, 11) is 0. The molecule has 5 rings (SSSR count). The summed E-state index contributed by atoms with van der Waals surface area (Å²) in [6.45, 7) is 2.63. The van der Waals surface area contributed by atoms with Crippen molar-refractivity contribution in [1.29, 1.82) is 0 Å². The molecule has 3 aromatic carbocycles. The quantitative estimate of drug-likeness (QED) is 0.690. The molecule has 0 fully saturated rings. The molecule has 26 heavy (non-hydrogen) atoms. The van der Waals surface area contributed by atoms with Gasteiger partial charge in [-0.05, 0) is 53.4 Å². The number of amides is 1. The second kappa shape index (κ2) is 6.03. The molecule has 0 aliphatic carbocycles. The number of nitrogens with zero attached hydrogens (tertiary/aromatic N) is 2. The van der Waals surface area contributed by atoms with E-state index in [2.05, 4.69) is 47.4 Å². The Bertz CT molecular complexity index is 953. The van der Waals surface area contributed by atoms with Gasteiger partial charge in [-0.15, -0.1) is 0 Å². The van der Waals surface area contributed by atoms with Crippen LogP contribution in [0.4, 0.5) is 11.4 Å². The number of para-hydroxylation sites is 1. The lowest BCUT2D eigenvalue weighted by molar-refractivity contribution is 0.0989. The van der Waals surface area contributed by atoms with E-state index in [0.29, 0.717) is 0 Å². The number of anilines is 2. The highest BCUT2D eigenvalue weighted by Gasteiger charge is 2.25. The van der Waals surface area contributed by atoms with Crippen LogP contribution in [-0.4, -0.2) is 12.5 Å². The van der Waals surface area contributed by atoms with E-state index in [0.717, 1.165) is 37.3 Å².